The first-order valence-corrected chi connectivity index (χ1v) is 11.7. The number of carbonyl (C=O) groups excluding carboxylic acids is 1. The number of ether oxygens (including phenoxy) is 2. The SMILES string of the molecule is O=C(Nc1cccc2c(=O)cc(-c3nn[nH]n3)oc12)c1ccc2c(c1)CC(COCc1ccccc1)O2. The van der Waals surface area contributed by atoms with Crippen LogP contribution in [0.1, 0.15) is 21.5 Å². The molecule has 1 atom stereocenters. The number of benzene rings is 3. The molecule has 37 heavy (non-hydrogen) atoms. The third-order valence-electron chi connectivity index (χ3n) is 6.05. The van der Waals surface area contributed by atoms with Crippen LogP contribution in [0.4, 0.5) is 5.69 Å². The van der Waals surface area contributed by atoms with Crippen LogP contribution < -0.4 is 15.5 Å². The molecular formula is C27H21N5O5. The van der Waals surface area contributed by atoms with E-state index in [9.17, 15) is 9.59 Å². The number of aromatic nitrogens is 4. The van der Waals surface area contributed by atoms with Crippen LogP contribution >= 0.6 is 0 Å². The Balaban J connectivity index is 1.17. The average molecular weight is 495 g/mol. The molecule has 0 bridgehead atoms. The number of tetrazole rings is 1. The number of hydrogen-bond donors (Lipinski definition) is 2. The van der Waals surface area contributed by atoms with Crippen molar-refractivity contribution in [1.29, 1.82) is 0 Å². The highest BCUT2D eigenvalue weighted by molar-refractivity contribution is 6.08. The molecule has 0 fully saturated rings. The molecule has 0 saturated heterocycles. The second-order valence-corrected chi connectivity index (χ2v) is 8.61. The second-order valence-electron chi connectivity index (χ2n) is 8.61. The zero-order valence-electron chi connectivity index (χ0n) is 19.5. The quantitative estimate of drug-likeness (QED) is 0.349. The van der Waals surface area contributed by atoms with Crippen LogP contribution in [0.25, 0.3) is 22.6 Å². The van der Waals surface area contributed by atoms with E-state index in [2.05, 4.69) is 25.9 Å². The summed E-state index contributed by atoms with van der Waals surface area (Å²) in [6.45, 7) is 0.961. The zero-order valence-corrected chi connectivity index (χ0v) is 19.5. The van der Waals surface area contributed by atoms with E-state index in [0.717, 1.165) is 16.9 Å². The molecule has 3 aromatic carbocycles. The number of carbonyl (C=O) groups is 1. The summed E-state index contributed by atoms with van der Waals surface area (Å²) in [6, 6.07) is 21.5. The summed E-state index contributed by atoms with van der Waals surface area (Å²) in [5.74, 6) is 0.682. The van der Waals surface area contributed by atoms with Crippen molar-refractivity contribution < 1.29 is 18.7 Å². The molecule has 2 N–H and O–H groups in total. The molecule has 1 aliphatic heterocycles. The van der Waals surface area contributed by atoms with Gasteiger partial charge in [-0.25, -0.2) is 0 Å². The second kappa shape index (κ2) is 9.67. The summed E-state index contributed by atoms with van der Waals surface area (Å²) >= 11 is 0. The number of aromatic amines is 1. The van der Waals surface area contributed by atoms with Gasteiger partial charge in [0.25, 0.3) is 5.91 Å². The number of fused-ring (bicyclic) bond motifs is 2. The van der Waals surface area contributed by atoms with E-state index in [1.54, 1.807) is 30.3 Å². The Morgan fingerprint density at radius 1 is 1.08 bits per heavy atom. The highest BCUT2D eigenvalue weighted by atomic mass is 16.5. The minimum atomic E-state index is -0.341. The number of amides is 1. The van der Waals surface area contributed by atoms with Gasteiger partial charge in [0.1, 0.15) is 11.9 Å². The van der Waals surface area contributed by atoms with E-state index >= 15 is 0 Å². The first kappa shape index (κ1) is 22.6. The molecule has 2 aromatic heterocycles. The standard InChI is InChI=1S/C27H21N5O5/c33-22-13-24(26-29-31-32-30-26)37-25-20(22)7-4-8-21(25)28-27(34)17-9-10-23-18(11-17)12-19(36-23)15-35-14-16-5-2-1-3-6-16/h1-11,13,19H,12,14-15H2,(H,28,34)(H,29,30,31,32). The number of rotatable bonds is 7. The van der Waals surface area contributed by atoms with Crippen LogP contribution in [0.15, 0.2) is 82.0 Å². The van der Waals surface area contributed by atoms with Crippen molar-refractivity contribution in [2.24, 2.45) is 0 Å². The van der Waals surface area contributed by atoms with Gasteiger partial charge in [-0.3, -0.25) is 9.59 Å². The van der Waals surface area contributed by atoms with Gasteiger partial charge < -0.3 is 19.2 Å². The van der Waals surface area contributed by atoms with Gasteiger partial charge in [0.05, 0.1) is 24.3 Å². The van der Waals surface area contributed by atoms with Crippen molar-refractivity contribution in [3.8, 4) is 17.3 Å². The summed E-state index contributed by atoms with van der Waals surface area (Å²) in [5, 5.41) is 16.7. The number of nitrogens with one attached hydrogen (secondary N) is 2. The molecule has 5 aromatic rings. The maximum atomic E-state index is 13.1. The van der Waals surface area contributed by atoms with Gasteiger partial charge in [-0.2, -0.15) is 5.21 Å². The maximum absolute atomic E-state index is 13.1. The van der Waals surface area contributed by atoms with E-state index in [1.807, 2.05) is 36.4 Å². The largest absolute Gasteiger partial charge is 0.487 e. The monoisotopic (exact) mass is 495 g/mol. The number of nitrogens with zero attached hydrogens (tertiary/aromatic N) is 3. The topological polar surface area (TPSA) is 132 Å². The smallest absolute Gasteiger partial charge is 0.255 e. The third-order valence-corrected chi connectivity index (χ3v) is 6.05. The van der Waals surface area contributed by atoms with Gasteiger partial charge >= 0.3 is 0 Å². The van der Waals surface area contributed by atoms with E-state index in [1.165, 1.54) is 6.07 Å². The Hall–Kier alpha value is -4.83. The highest BCUT2D eigenvalue weighted by Crippen LogP contribution is 2.31. The first-order chi connectivity index (χ1) is 18.1. The van der Waals surface area contributed by atoms with Crippen molar-refractivity contribution in [2.75, 3.05) is 11.9 Å². The predicted octanol–water partition coefficient (Wildman–Crippen LogP) is 3.75. The fourth-order valence-electron chi connectivity index (χ4n) is 4.28. The zero-order chi connectivity index (χ0) is 25.2. The first-order valence-electron chi connectivity index (χ1n) is 11.7. The molecule has 3 heterocycles. The molecule has 184 valence electrons. The van der Waals surface area contributed by atoms with Crippen molar-refractivity contribution in [1.82, 2.24) is 20.6 Å². The lowest BCUT2D eigenvalue weighted by Crippen LogP contribution is -2.20. The Kier molecular flexibility index (Phi) is 5.91. The Labute approximate surface area is 210 Å². The van der Waals surface area contributed by atoms with Crippen molar-refractivity contribution in [2.45, 2.75) is 19.1 Å². The molecule has 1 amide bonds. The number of anilines is 1. The lowest BCUT2D eigenvalue weighted by atomic mass is 10.1. The Morgan fingerprint density at radius 2 is 1.97 bits per heavy atom. The molecule has 0 saturated carbocycles. The number of hydrogen-bond acceptors (Lipinski definition) is 8. The van der Waals surface area contributed by atoms with Crippen LogP contribution in [0.5, 0.6) is 5.75 Å². The van der Waals surface area contributed by atoms with Crippen LogP contribution in [0.3, 0.4) is 0 Å². The van der Waals surface area contributed by atoms with Gasteiger partial charge in [-0.05, 0) is 46.7 Å². The predicted molar refractivity (Wildman–Crippen MR) is 134 cm³/mol. The molecule has 0 radical (unpaired) electrons. The lowest BCUT2D eigenvalue weighted by molar-refractivity contribution is 0.0510. The molecule has 0 aliphatic carbocycles. The lowest BCUT2D eigenvalue weighted by Gasteiger charge is -2.11. The van der Waals surface area contributed by atoms with E-state index < -0.39 is 0 Å². The highest BCUT2D eigenvalue weighted by Gasteiger charge is 2.24. The van der Waals surface area contributed by atoms with Crippen LogP contribution in [-0.4, -0.2) is 39.2 Å². The van der Waals surface area contributed by atoms with E-state index in [0.29, 0.717) is 36.3 Å². The Morgan fingerprint density at radius 3 is 2.81 bits per heavy atom. The molecular weight excluding hydrogens is 474 g/mol. The number of para-hydroxylation sites is 1. The minimum Gasteiger partial charge on any atom is -0.487 e. The van der Waals surface area contributed by atoms with Gasteiger partial charge in [0.15, 0.2) is 16.8 Å². The molecule has 10 nitrogen and oxygen atoms in total. The van der Waals surface area contributed by atoms with Crippen molar-refractivity contribution >= 4 is 22.6 Å². The number of H-pyrrole nitrogens is 1. The van der Waals surface area contributed by atoms with Crippen molar-refractivity contribution in [3.63, 3.8) is 0 Å². The molecule has 6 rings (SSSR count). The van der Waals surface area contributed by atoms with Gasteiger partial charge in [0, 0.05) is 18.1 Å². The van der Waals surface area contributed by atoms with E-state index in [4.69, 9.17) is 13.9 Å². The summed E-state index contributed by atoms with van der Waals surface area (Å²) in [5.41, 5.74) is 2.79. The summed E-state index contributed by atoms with van der Waals surface area (Å²) in [4.78, 5) is 25.8. The van der Waals surface area contributed by atoms with Gasteiger partial charge in [0.2, 0.25) is 5.82 Å². The van der Waals surface area contributed by atoms with Crippen LogP contribution in [0.2, 0.25) is 0 Å². The summed E-state index contributed by atoms with van der Waals surface area (Å²) in [7, 11) is 0. The molecule has 1 unspecified atom stereocenters. The summed E-state index contributed by atoms with van der Waals surface area (Å²) in [6.07, 6.45) is 0.524. The molecule has 1 aliphatic rings. The molecule has 10 heteroatoms. The van der Waals surface area contributed by atoms with Crippen molar-refractivity contribution in [3.05, 3.63) is 99.7 Å². The van der Waals surface area contributed by atoms with E-state index in [-0.39, 0.29) is 34.6 Å². The van der Waals surface area contributed by atoms with Gasteiger partial charge in [-0.1, -0.05) is 36.4 Å². The maximum Gasteiger partial charge on any atom is 0.255 e. The van der Waals surface area contributed by atoms with Gasteiger partial charge in [-0.15, -0.1) is 10.2 Å². The fourth-order valence-corrected chi connectivity index (χ4v) is 4.28. The molecule has 0 spiro atoms. The van der Waals surface area contributed by atoms with Crippen LogP contribution in [0, 0.1) is 0 Å². The fraction of sp³-hybridized carbons (Fsp3) is 0.148. The third kappa shape index (κ3) is 4.69. The Bertz CT molecular complexity index is 1630. The summed E-state index contributed by atoms with van der Waals surface area (Å²) < 4.78 is 17.7. The average Bonchev–Trinajstić information content (AvgIpc) is 3.59. The normalized spacial score (nSPS) is 14.3. The van der Waals surface area contributed by atoms with Crippen LogP contribution in [-0.2, 0) is 17.8 Å². The minimum absolute atomic E-state index is 0.118.